The molecule has 0 saturated carbocycles. The van der Waals surface area contributed by atoms with Crippen LogP contribution in [0.4, 0.5) is 4.39 Å². The lowest BCUT2D eigenvalue weighted by molar-refractivity contribution is 0.606. The number of guanidine groups is 1. The minimum atomic E-state index is -0.168. The number of nitrogens with zero attached hydrogens (tertiary/aromatic N) is 3. The number of hydrogen-bond acceptors (Lipinski definition) is 2. The molecule has 0 unspecified atom stereocenters. The summed E-state index contributed by atoms with van der Waals surface area (Å²) in [7, 11) is 1.73. The third-order valence-corrected chi connectivity index (χ3v) is 3.96. The Hall–Kier alpha value is -2.16. The highest BCUT2D eigenvalue weighted by atomic mass is 127. The SMILES string of the molecule is CN=C(NCCc1cn2ccccc2n1)NCCc1ccccc1F.I. The van der Waals surface area contributed by atoms with Crippen LogP contribution in [0.5, 0.6) is 0 Å². The summed E-state index contributed by atoms with van der Waals surface area (Å²) in [6.45, 7) is 1.35. The van der Waals surface area contributed by atoms with E-state index in [0.717, 1.165) is 24.3 Å². The lowest BCUT2D eigenvalue weighted by Crippen LogP contribution is -2.39. The van der Waals surface area contributed by atoms with Crippen molar-refractivity contribution in [1.29, 1.82) is 0 Å². The fourth-order valence-corrected chi connectivity index (χ4v) is 2.65. The molecule has 0 aliphatic heterocycles. The van der Waals surface area contributed by atoms with Crippen molar-refractivity contribution in [1.82, 2.24) is 20.0 Å². The van der Waals surface area contributed by atoms with E-state index in [4.69, 9.17) is 0 Å². The molecular weight excluding hydrogens is 444 g/mol. The molecule has 2 heterocycles. The summed E-state index contributed by atoms with van der Waals surface area (Å²) in [5.74, 6) is 0.541. The van der Waals surface area contributed by atoms with E-state index in [2.05, 4.69) is 20.6 Å². The molecule has 138 valence electrons. The average Bonchev–Trinajstić information content (AvgIpc) is 3.04. The first kappa shape index (κ1) is 20.2. The van der Waals surface area contributed by atoms with Crippen LogP contribution in [0.25, 0.3) is 5.65 Å². The minimum absolute atomic E-state index is 0. The van der Waals surface area contributed by atoms with E-state index in [9.17, 15) is 4.39 Å². The Labute approximate surface area is 169 Å². The van der Waals surface area contributed by atoms with Crippen LogP contribution < -0.4 is 10.6 Å². The molecule has 0 bridgehead atoms. The van der Waals surface area contributed by atoms with Crippen LogP contribution in [-0.4, -0.2) is 35.5 Å². The summed E-state index contributed by atoms with van der Waals surface area (Å²) >= 11 is 0. The van der Waals surface area contributed by atoms with Crippen molar-refractivity contribution < 1.29 is 4.39 Å². The van der Waals surface area contributed by atoms with Gasteiger partial charge in [-0.25, -0.2) is 9.37 Å². The predicted molar refractivity (Wildman–Crippen MR) is 114 cm³/mol. The quantitative estimate of drug-likeness (QED) is 0.333. The van der Waals surface area contributed by atoms with Crippen LogP contribution in [0.2, 0.25) is 0 Å². The second-order valence-electron chi connectivity index (χ2n) is 5.72. The van der Waals surface area contributed by atoms with Crippen molar-refractivity contribution in [3.05, 3.63) is 71.9 Å². The lowest BCUT2D eigenvalue weighted by Gasteiger charge is -2.11. The van der Waals surface area contributed by atoms with Gasteiger partial charge in [0, 0.05) is 39.0 Å². The van der Waals surface area contributed by atoms with Gasteiger partial charge in [0.25, 0.3) is 0 Å². The molecule has 0 aliphatic rings. The Kier molecular flexibility index (Phi) is 7.83. The van der Waals surface area contributed by atoms with E-state index in [-0.39, 0.29) is 29.8 Å². The van der Waals surface area contributed by atoms with Crippen molar-refractivity contribution in [2.75, 3.05) is 20.1 Å². The average molecular weight is 467 g/mol. The summed E-state index contributed by atoms with van der Waals surface area (Å²) in [6.07, 6.45) is 5.43. The topological polar surface area (TPSA) is 53.7 Å². The molecule has 5 nitrogen and oxygen atoms in total. The largest absolute Gasteiger partial charge is 0.356 e. The first-order valence-corrected chi connectivity index (χ1v) is 8.37. The third kappa shape index (κ3) is 5.42. The first-order chi connectivity index (χ1) is 12.3. The van der Waals surface area contributed by atoms with Crippen LogP contribution in [0, 0.1) is 5.82 Å². The molecule has 0 aliphatic carbocycles. The van der Waals surface area contributed by atoms with Crippen LogP contribution in [0.15, 0.2) is 59.9 Å². The van der Waals surface area contributed by atoms with Gasteiger partial charge in [0.15, 0.2) is 5.96 Å². The zero-order valence-electron chi connectivity index (χ0n) is 14.7. The number of fused-ring (bicyclic) bond motifs is 1. The van der Waals surface area contributed by atoms with Gasteiger partial charge in [-0.3, -0.25) is 4.99 Å². The lowest BCUT2D eigenvalue weighted by atomic mass is 10.1. The maximum absolute atomic E-state index is 13.6. The first-order valence-electron chi connectivity index (χ1n) is 8.37. The summed E-state index contributed by atoms with van der Waals surface area (Å²) < 4.78 is 15.6. The number of rotatable bonds is 6. The van der Waals surface area contributed by atoms with Gasteiger partial charge in [0.1, 0.15) is 11.5 Å². The fraction of sp³-hybridized carbons (Fsp3) is 0.263. The van der Waals surface area contributed by atoms with E-state index >= 15 is 0 Å². The molecule has 0 spiro atoms. The fourth-order valence-electron chi connectivity index (χ4n) is 2.65. The summed E-state index contributed by atoms with van der Waals surface area (Å²) in [6, 6.07) is 12.8. The number of imidazole rings is 1. The zero-order chi connectivity index (χ0) is 17.5. The van der Waals surface area contributed by atoms with Crippen LogP contribution in [-0.2, 0) is 12.8 Å². The minimum Gasteiger partial charge on any atom is -0.356 e. The molecule has 3 aromatic rings. The van der Waals surface area contributed by atoms with Crippen LogP contribution >= 0.6 is 24.0 Å². The number of aromatic nitrogens is 2. The Morgan fingerprint density at radius 2 is 1.81 bits per heavy atom. The summed E-state index contributed by atoms with van der Waals surface area (Å²) in [5, 5.41) is 6.46. The maximum Gasteiger partial charge on any atom is 0.190 e. The normalized spacial score (nSPS) is 11.2. The van der Waals surface area contributed by atoms with E-state index in [1.54, 1.807) is 19.2 Å². The number of aliphatic imine (C=N–C) groups is 1. The Morgan fingerprint density at radius 1 is 1.08 bits per heavy atom. The van der Waals surface area contributed by atoms with E-state index in [0.29, 0.717) is 24.5 Å². The summed E-state index contributed by atoms with van der Waals surface area (Å²) in [5.41, 5.74) is 2.68. The van der Waals surface area contributed by atoms with Crippen LogP contribution in [0.3, 0.4) is 0 Å². The van der Waals surface area contributed by atoms with Gasteiger partial charge in [-0.15, -0.1) is 24.0 Å². The van der Waals surface area contributed by atoms with Crippen molar-refractivity contribution in [2.24, 2.45) is 4.99 Å². The zero-order valence-corrected chi connectivity index (χ0v) is 17.0. The standard InChI is InChI=1S/C19H22FN5.HI/c1-21-19(22-11-9-15-6-2-3-7-17(15)20)23-12-10-16-14-25-13-5-4-8-18(25)24-16;/h2-8,13-14H,9-12H2,1H3,(H2,21,22,23);1H. The number of hydrogen-bond donors (Lipinski definition) is 2. The van der Waals surface area contributed by atoms with Crippen molar-refractivity contribution in [3.8, 4) is 0 Å². The molecule has 3 rings (SSSR count). The van der Waals surface area contributed by atoms with Gasteiger partial charge in [-0.1, -0.05) is 24.3 Å². The number of pyridine rings is 1. The van der Waals surface area contributed by atoms with Gasteiger partial charge in [0.2, 0.25) is 0 Å². The molecular formula is C19H23FIN5. The molecule has 0 fully saturated rings. The Bertz CT molecular complexity index is 829. The van der Waals surface area contributed by atoms with E-state index in [1.807, 2.05) is 41.1 Å². The number of halogens is 2. The molecule has 2 N–H and O–H groups in total. The molecule has 0 radical (unpaired) electrons. The Balaban J connectivity index is 0.00000243. The Morgan fingerprint density at radius 3 is 2.54 bits per heavy atom. The second-order valence-corrected chi connectivity index (χ2v) is 5.72. The highest BCUT2D eigenvalue weighted by Crippen LogP contribution is 2.06. The van der Waals surface area contributed by atoms with Crippen LogP contribution in [0.1, 0.15) is 11.3 Å². The molecule has 7 heteroatoms. The predicted octanol–water partition coefficient (Wildman–Crippen LogP) is 3.04. The molecule has 26 heavy (non-hydrogen) atoms. The monoisotopic (exact) mass is 467 g/mol. The second kappa shape index (κ2) is 10.1. The summed E-state index contributed by atoms with van der Waals surface area (Å²) in [4.78, 5) is 8.76. The molecule has 1 aromatic carbocycles. The molecule has 0 amide bonds. The molecule has 2 aromatic heterocycles. The van der Waals surface area contributed by atoms with Gasteiger partial charge in [-0.2, -0.15) is 0 Å². The molecule has 0 atom stereocenters. The van der Waals surface area contributed by atoms with Crippen molar-refractivity contribution in [3.63, 3.8) is 0 Å². The highest BCUT2D eigenvalue weighted by Gasteiger charge is 2.03. The van der Waals surface area contributed by atoms with Gasteiger partial charge in [0.05, 0.1) is 5.69 Å². The van der Waals surface area contributed by atoms with Crippen molar-refractivity contribution >= 4 is 35.6 Å². The van der Waals surface area contributed by atoms with Crippen molar-refractivity contribution in [2.45, 2.75) is 12.8 Å². The van der Waals surface area contributed by atoms with Gasteiger partial charge < -0.3 is 15.0 Å². The third-order valence-electron chi connectivity index (χ3n) is 3.96. The van der Waals surface area contributed by atoms with Gasteiger partial charge >= 0.3 is 0 Å². The smallest absolute Gasteiger partial charge is 0.190 e. The maximum atomic E-state index is 13.6. The molecule has 0 saturated heterocycles. The van der Waals surface area contributed by atoms with E-state index in [1.165, 1.54) is 6.07 Å². The highest BCUT2D eigenvalue weighted by molar-refractivity contribution is 14.0. The number of benzene rings is 1. The van der Waals surface area contributed by atoms with Gasteiger partial charge in [-0.05, 0) is 30.2 Å². The van der Waals surface area contributed by atoms with E-state index < -0.39 is 0 Å². The number of nitrogens with one attached hydrogen (secondary N) is 2.